The fraction of sp³-hybridized carbons (Fsp3) is 0.300. The molecule has 0 aliphatic carbocycles. The number of rotatable bonds is 8. The third-order valence-corrected chi connectivity index (χ3v) is 4.58. The number of hydrogen-bond acceptors (Lipinski definition) is 3. The Hall–Kier alpha value is -1.76. The minimum absolute atomic E-state index is 0.0638. The van der Waals surface area contributed by atoms with Crippen LogP contribution in [0.1, 0.15) is 19.4 Å². The van der Waals surface area contributed by atoms with Crippen molar-refractivity contribution in [3.8, 4) is 0 Å². The number of benzene rings is 2. The first-order valence-electron chi connectivity index (χ1n) is 8.27. The fourth-order valence-corrected chi connectivity index (χ4v) is 3.51. The molecule has 0 amide bonds. The van der Waals surface area contributed by atoms with Crippen LogP contribution < -0.4 is 0 Å². The van der Waals surface area contributed by atoms with E-state index in [9.17, 15) is 13.2 Å². The minimum atomic E-state index is -4.73. The molecular weight excluding hydrogens is 361 g/mol. The van der Waals surface area contributed by atoms with Crippen LogP contribution in [-0.2, 0) is 9.47 Å². The van der Waals surface area contributed by atoms with Gasteiger partial charge in [0.25, 0.3) is 0 Å². The molecule has 0 saturated carbocycles. The summed E-state index contributed by atoms with van der Waals surface area (Å²) in [6.45, 7) is 2.77. The molecule has 0 atom stereocenters. The van der Waals surface area contributed by atoms with Gasteiger partial charge in [0.15, 0.2) is 0 Å². The normalized spacial score (nSPS) is 13.0. The zero-order valence-corrected chi connectivity index (χ0v) is 15.4. The van der Waals surface area contributed by atoms with Crippen LogP contribution in [-0.4, -0.2) is 25.2 Å². The number of halogens is 3. The van der Waals surface area contributed by atoms with Gasteiger partial charge in [0, 0.05) is 18.1 Å². The van der Waals surface area contributed by atoms with Gasteiger partial charge in [-0.2, -0.15) is 13.2 Å². The summed E-state index contributed by atoms with van der Waals surface area (Å²) in [5.74, 6) is -2.81. The van der Waals surface area contributed by atoms with E-state index < -0.39 is 12.0 Å². The van der Waals surface area contributed by atoms with Gasteiger partial charge in [0.2, 0.25) is 0 Å². The molecule has 0 aliphatic heterocycles. The fourth-order valence-electron chi connectivity index (χ4n) is 2.40. The van der Waals surface area contributed by atoms with Crippen molar-refractivity contribution in [1.29, 1.82) is 0 Å². The van der Waals surface area contributed by atoms with Crippen molar-refractivity contribution in [3.05, 3.63) is 71.1 Å². The Labute approximate surface area is 156 Å². The van der Waals surface area contributed by atoms with E-state index in [1.54, 1.807) is 48.5 Å². The van der Waals surface area contributed by atoms with Gasteiger partial charge in [0.05, 0.1) is 4.91 Å². The third-order valence-electron chi connectivity index (χ3n) is 3.46. The van der Waals surface area contributed by atoms with Crippen molar-refractivity contribution in [2.24, 2.45) is 0 Å². The topological polar surface area (TPSA) is 18.5 Å². The molecule has 2 aromatic carbocycles. The van der Waals surface area contributed by atoms with E-state index in [1.807, 2.05) is 12.1 Å². The number of thioether (sulfide) groups is 1. The Kier molecular flexibility index (Phi) is 7.32. The summed E-state index contributed by atoms with van der Waals surface area (Å²) in [5, 5.41) is 0. The quantitative estimate of drug-likeness (QED) is 0.403. The van der Waals surface area contributed by atoms with E-state index in [0.717, 1.165) is 11.8 Å². The van der Waals surface area contributed by atoms with Gasteiger partial charge in [-0.15, -0.1) is 0 Å². The first-order valence-corrected chi connectivity index (χ1v) is 9.09. The van der Waals surface area contributed by atoms with Crippen LogP contribution in [0.3, 0.4) is 0 Å². The molecule has 0 heterocycles. The van der Waals surface area contributed by atoms with Crippen LogP contribution in [0, 0.1) is 0 Å². The predicted molar refractivity (Wildman–Crippen MR) is 98.8 cm³/mol. The van der Waals surface area contributed by atoms with Gasteiger partial charge in [-0.25, -0.2) is 0 Å². The monoisotopic (exact) mass is 382 g/mol. The molecule has 2 nitrogen and oxygen atoms in total. The predicted octanol–water partition coefficient (Wildman–Crippen LogP) is 6.15. The van der Waals surface area contributed by atoms with Crippen LogP contribution in [0.4, 0.5) is 13.2 Å². The highest BCUT2D eigenvalue weighted by molar-refractivity contribution is 8.03. The molecule has 0 aromatic heterocycles. The molecule has 0 aliphatic rings. The summed E-state index contributed by atoms with van der Waals surface area (Å²) in [6.07, 6.45) is -3.27. The summed E-state index contributed by atoms with van der Waals surface area (Å²) in [5.41, 5.74) is 0.638. The molecule has 0 fully saturated rings. The van der Waals surface area contributed by atoms with Crippen LogP contribution in [0.15, 0.2) is 70.5 Å². The maximum absolute atomic E-state index is 14.1. The van der Waals surface area contributed by atoms with E-state index in [2.05, 4.69) is 0 Å². The van der Waals surface area contributed by atoms with Gasteiger partial charge < -0.3 is 9.47 Å². The number of hydrogen-bond donors (Lipinski definition) is 0. The van der Waals surface area contributed by atoms with Crippen molar-refractivity contribution in [1.82, 2.24) is 0 Å². The summed E-state index contributed by atoms with van der Waals surface area (Å²) in [6, 6.07) is 17.7. The van der Waals surface area contributed by atoms with E-state index in [1.165, 1.54) is 19.9 Å². The van der Waals surface area contributed by atoms with E-state index in [0.29, 0.717) is 10.5 Å². The smallest absolute Gasteiger partial charge is 0.339 e. The van der Waals surface area contributed by atoms with E-state index in [-0.39, 0.29) is 18.1 Å². The van der Waals surface area contributed by atoms with Gasteiger partial charge in [-0.1, -0.05) is 60.3 Å². The van der Waals surface area contributed by atoms with Gasteiger partial charge in [-0.3, -0.25) is 0 Å². The largest absolute Gasteiger partial charge is 0.448 e. The number of alkyl halides is 3. The summed E-state index contributed by atoms with van der Waals surface area (Å²) < 4.78 is 52.7. The molecule has 26 heavy (non-hydrogen) atoms. The molecule has 0 radical (unpaired) electrons. The molecular formula is C20H21F3O2S. The van der Waals surface area contributed by atoms with Crippen molar-refractivity contribution in [3.63, 3.8) is 0 Å². The average molecular weight is 382 g/mol. The van der Waals surface area contributed by atoms with Crippen LogP contribution >= 0.6 is 11.8 Å². The highest BCUT2D eigenvalue weighted by Crippen LogP contribution is 2.47. The van der Waals surface area contributed by atoms with Crippen molar-refractivity contribution in [2.75, 3.05) is 13.2 Å². The summed E-state index contributed by atoms with van der Waals surface area (Å²) in [7, 11) is 0. The van der Waals surface area contributed by atoms with Crippen LogP contribution in [0.25, 0.3) is 6.08 Å². The highest BCUT2D eigenvalue weighted by Gasteiger charge is 2.60. The molecule has 2 rings (SSSR count). The Bertz CT molecular complexity index is 694. The Morgan fingerprint density at radius 1 is 0.885 bits per heavy atom. The Morgan fingerprint density at radius 2 is 1.38 bits per heavy atom. The van der Waals surface area contributed by atoms with E-state index >= 15 is 0 Å². The molecule has 0 unspecified atom stereocenters. The van der Waals surface area contributed by atoms with Crippen LogP contribution in [0.5, 0.6) is 0 Å². The third kappa shape index (κ3) is 4.90. The minimum Gasteiger partial charge on any atom is -0.339 e. The molecule has 0 spiro atoms. The molecule has 6 heteroatoms. The van der Waals surface area contributed by atoms with Gasteiger partial charge >= 0.3 is 12.0 Å². The maximum atomic E-state index is 14.1. The first-order chi connectivity index (χ1) is 12.4. The lowest BCUT2D eigenvalue weighted by Crippen LogP contribution is -2.51. The van der Waals surface area contributed by atoms with Gasteiger partial charge in [-0.05, 0) is 37.6 Å². The summed E-state index contributed by atoms with van der Waals surface area (Å²) in [4.78, 5) is 0.605. The maximum Gasteiger partial charge on any atom is 0.448 e. The lowest BCUT2D eigenvalue weighted by molar-refractivity contribution is -0.356. The second-order valence-corrected chi connectivity index (χ2v) is 6.43. The molecule has 0 N–H and O–H groups in total. The van der Waals surface area contributed by atoms with Crippen LogP contribution in [0.2, 0.25) is 0 Å². The zero-order chi connectivity index (χ0) is 19.0. The lowest BCUT2D eigenvalue weighted by atomic mass is 10.1. The van der Waals surface area contributed by atoms with Crippen molar-refractivity contribution in [2.45, 2.75) is 30.7 Å². The molecule has 0 bridgehead atoms. The highest BCUT2D eigenvalue weighted by atomic mass is 32.2. The first kappa shape index (κ1) is 20.6. The van der Waals surface area contributed by atoms with Crippen molar-refractivity contribution >= 4 is 17.8 Å². The van der Waals surface area contributed by atoms with Crippen molar-refractivity contribution < 1.29 is 22.6 Å². The SMILES string of the molecule is CCOC(OCC)(/C(=C/c1ccccc1)Sc1ccccc1)C(F)(F)F. The number of ether oxygens (including phenoxy) is 2. The lowest BCUT2D eigenvalue weighted by Gasteiger charge is -2.36. The zero-order valence-electron chi connectivity index (χ0n) is 14.6. The van der Waals surface area contributed by atoms with Gasteiger partial charge in [0.1, 0.15) is 0 Å². The summed E-state index contributed by atoms with van der Waals surface area (Å²) >= 11 is 0.988. The second kappa shape index (κ2) is 9.26. The molecule has 2 aromatic rings. The standard InChI is InChI=1S/C20H21F3O2S/c1-3-24-19(25-4-2,20(21,22)23)18(15-16-11-7-5-8-12-16)26-17-13-9-6-10-14-17/h5-15H,3-4H2,1-2H3/b18-15-. The molecule has 140 valence electrons. The van der Waals surface area contributed by atoms with E-state index in [4.69, 9.17) is 9.47 Å². The Morgan fingerprint density at radius 3 is 1.85 bits per heavy atom. The second-order valence-electron chi connectivity index (χ2n) is 5.31. The molecule has 0 saturated heterocycles. The Balaban J connectivity index is 2.59. The average Bonchev–Trinajstić information content (AvgIpc) is 2.62.